The monoisotopic (exact) mass is 220 g/mol. The highest BCUT2D eigenvalue weighted by atomic mass is 16.1. The maximum atomic E-state index is 11.6. The number of ketones is 1. The molecule has 0 saturated heterocycles. The van der Waals surface area contributed by atoms with Crippen molar-refractivity contribution in [2.45, 2.75) is 45.6 Å². The third kappa shape index (κ3) is 4.53. The Morgan fingerprint density at radius 3 is 2.75 bits per heavy atom. The normalized spacial score (nSPS) is 12.4. The molecular weight excluding hydrogens is 200 g/mol. The van der Waals surface area contributed by atoms with Crippen molar-refractivity contribution < 1.29 is 4.79 Å². The number of aryl methyl sites for hydroxylation is 1. The van der Waals surface area contributed by atoms with E-state index in [1.165, 1.54) is 5.56 Å². The molecule has 1 aromatic rings. The van der Waals surface area contributed by atoms with Crippen molar-refractivity contribution in [2.24, 2.45) is 5.73 Å². The van der Waals surface area contributed by atoms with Gasteiger partial charge in [-0.3, -0.25) is 9.78 Å². The first kappa shape index (κ1) is 12.8. The fourth-order valence-corrected chi connectivity index (χ4v) is 1.45. The van der Waals surface area contributed by atoms with E-state index in [0.29, 0.717) is 12.8 Å². The van der Waals surface area contributed by atoms with Crippen LogP contribution in [0.2, 0.25) is 0 Å². The molecule has 1 heterocycles. The number of hydrogen-bond acceptors (Lipinski definition) is 3. The van der Waals surface area contributed by atoms with E-state index in [1.807, 2.05) is 25.3 Å². The molecule has 0 aliphatic carbocycles. The smallest absolute Gasteiger partial charge is 0.138 e. The van der Waals surface area contributed by atoms with E-state index < -0.39 is 0 Å². The van der Waals surface area contributed by atoms with Crippen molar-refractivity contribution >= 4 is 5.78 Å². The van der Waals surface area contributed by atoms with Gasteiger partial charge in [0.25, 0.3) is 0 Å². The van der Waals surface area contributed by atoms with Crippen molar-refractivity contribution in [3.05, 3.63) is 29.6 Å². The van der Waals surface area contributed by atoms with Crippen molar-refractivity contribution in [2.75, 3.05) is 0 Å². The van der Waals surface area contributed by atoms with Crippen LogP contribution in [0.5, 0.6) is 0 Å². The molecule has 0 fully saturated rings. The average Bonchev–Trinajstić information content (AvgIpc) is 2.27. The first-order chi connectivity index (χ1) is 7.61. The lowest BCUT2D eigenvalue weighted by Crippen LogP contribution is -2.17. The van der Waals surface area contributed by atoms with Crippen LogP contribution < -0.4 is 5.73 Å². The predicted molar refractivity (Wildman–Crippen MR) is 65.2 cm³/mol. The molecule has 0 amide bonds. The number of carbonyl (C=O) groups excluding carboxylic acids is 1. The summed E-state index contributed by atoms with van der Waals surface area (Å²) in [5.41, 5.74) is 7.66. The minimum Gasteiger partial charge on any atom is -0.328 e. The molecule has 3 nitrogen and oxygen atoms in total. The molecule has 0 aromatic carbocycles. The Morgan fingerprint density at radius 2 is 2.25 bits per heavy atom. The number of Topliss-reactive ketones (excluding diaryl/α,β-unsaturated/α-hetero) is 1. The molecule has 1 rings (SSSR count). The fourth-order valence-electron chi connectivity index (χ4n) is 1.45. The van der Waals surface area contributed by atoms with Gasteiger partial charge < -0.3 is 5.73 Å². The van der Waals surface area contributed by atoms with Crippen molar-refractivity contribution in [3.63, 3.8) is 0 Å². The largest absolute Gasteiger partial charge is 0.328 e. The van der Waals surface area contributed by atoms with Crippen LogP contribution in [0.1, 0.15) is 37.9 Å². The first-order valence-electron chi connectivity index (χ1n) is 5.83. The number of pyridine rings is 1. The topological polar surface area (TPSA) is 56.0 Å². The Balaban J connectivity index is 2.43. The van der Waals surface area contributed by atoms with Gasteiger partial charge in [0.05, 0.1) is 0 Å². The Hall–Kier alpha value is -1.22. The zero-order valence-electron chi connectivity index (χ0n) is 10.1. The second-order valence-corrected chi connectivity index (χ2v) is 4.24. The van der Waals surface area contributed by atoms with Gasteiger partial charge in [-0.1, -0.05) is 13.0 Å². The second-order valence-electron chi connectivity index (χ2n) is 4.24. The van der Waals surface area contributed by atoms with Crippen LogP contribution in [0.4, 0.5) is 0 Å². The summed E-state index contributed by atoms with van der Waals surface area (Å²) < 4.78 is 0. The third-order valence-electron chi connectivity index (χ3n) is 2.55. The number of rotatable bonds is 6. The van der Waals surface area contributed by atoms with Crippen LogP contribution in [0, 0.1) is 0 Å². The lowest BCUT2D eigenvalue weighted by molar-refractivity contribution is -0.118. The van der Waals surface area contributed by atoms with Crippen molar-refractivity contribution in [1.82, 2.24) is 4.98 Å². The van der Waals surface area contributed by atoms with Crippen LogP contribution in [0.3, 0.4) is 0 Å². The van der Waals surface area contributed by atoms with Gasteiger partial charge in [0.1, 0.15) is 5.78 Å². The van der Waals surface area contributed by atoms with E-state index in [9.17, 15) is 4.79 Å². The van der Waals surface area contributed by atoms with Gasteiger partial charge in [-0.2, -0.15) is 0 Å². The summed E-state index contributed by atoms with van der Waals surface area (Å²) in [6, 6.07) is 4.06. The molecule has 0 aliphatic rings. The Labute approximate surface area is 97.1 Å². The molecule has 88 valence electrons. The van der Waals surface area contributed by atoms with E-state index >= 15 is 0 Å². The molecule has 0 bridgehead atoms. The van der Waals surface area contributed by atoms with Crippen LogP contribution >= 0.6 is 0 Å². The van der Waals surface area contributed by atoms with Crippen molar-refractivity contribution in [1.29, 1.82) is 0 Å². The maximum Gasteiger partial charge on any atom is 0.138 e. The van der Waals surface area contributed by atoms with Gasteiger partial charge in [-0.25, -0.2) is 0 Å². The maximum absolute atomic E-state index is 11.6. The van der Waals surface area contributed by atoms with E-state index in [0.717, 1.165) is 18.5 Å². The summed E-state index contributed by atoms with van der Waals surface area (Å²) in [5, 5.41) is 0. The Bertz CT molecular complexity index is 330. The summed E-state index contributed by atoms with van der Waals surface area (Å²) >= 11 is 0. The molecule has 1 unspecified atom stereocenters. The summed E-state index contributed by atoms with van der Waals surface area (Å²) in [6.07, 6.45) is 4.55. The summed E-state index contributed by atoms with van der Waals surface area (Å²) in [6.45, 7) is 4.01. The van der Waals surface area contributed by atoms with E-state index in [1.54, 1.807) is 0 Å². The first-order valence-corrected chi connectivity index (χ1v) is 5.83. The average molecular weight is 220 g/mol. The van der Waals surface area contributed by atoms with Crippen LogP contribution in [0.15, 0.2) is 18.3 Å². The quantitative estimate of drug-likeness (QED) is 0.796. The van der Waals surface area contributed by atoms with Gasteiger partial charge >= 0.3 is 0 Å². The van der Waals surface area contributed by atoms with Gasteiger partial charge in [0.2, 0.25) is 0 Å². The molecule has 1 atom stereocenters. The summed E-state index contributed by atoms with van der Waals surface area (Å²) in [5.74, 6) is 0.217. The predicted octanol–water partition coefficient (Wildman–Crippen LogP) is 1.88. The molecule has 1 aromatic heterocycles. The van der Waals surface area contributed by atoms with Crippen LogP contribution in [-0.4, -0.2) is 16.8 Å². The van der Waals surface area contributed by atoms with Gasteiger partial charge in [0, 0.05) is 30.8 Å². The highest BCUT2D eigenvalue weighted by Gasteiger charge is 2.06. The van der Waals surface area contributed by atoms with E-state index in [4.69, 9.17) is 5.73 Å². The van der Waals surface area contributed by atoms with Gasteiger partial charge in [-0.05, 0) is 31.4 Å². The number of nitrogens with two attached hydrogens (primary N) is 1. The van der Waals surface area contributed by atoms with E-state index in [2.05, 4.69) is 11.9 Å². The SMILES string of the molecule is CCc1ccc(CC(=O)CCC(C)N)nc1. The standard InChI is InChI=1S/C13H20N2O/c1-3-11-5-6-12(15-9-11)8-13(16)7-4-10(2)14/h5-6,9-10H,3-4,7-8,14H2,1-2H3. The lowest BCUT2D eigenvalue weighted by Gasteiger charge is -2.04. The van der Waals surface area contributed by atoms with Gasteiger partial charge in [-0.15, -0.1) is 0 Å². The minimum absolute atomic E-state index is 0.0966. The molecule has 16 heavy (non-hydrogen) atoms. The number of carbonyl (C=O) groups is 1. The zero-order valence-corrected chi connectivity index (χ0v) is 10.1. The van der Waals surface area contributed by atoms with Gasteiger partial charge in [0.15, 0.2) is 0 Å². The molecule has 0 radical (unpaired) electrons. The summed E-state index contributed by atoms with van der Waals surface area (Å²) in [7, 11) is 0. The third-order valence-corrected chi connectivity index (χ3v) is 2.55. The summed E-state index contributed by atoms with van der Waals surface area (Å²) in [4.78, 5) is 15.8. The highest BCUT2D eigenvalue weighted by Crippen LogP contribution is 2.04. The minimum atomic E-state index is 0.0966. The second kappa shape index (κ2) is 6.38. The number of hydrogen-bond donors (Lipinski definition) is 1. The molecule has 0 spiro atoms. The molecule has 0 aliphatic heterocycles. The molecule has 0 saturated carbocycles. The van der Waals surface area contributed by atoms with E-state index in [-0.39, 0.29) is 11.8 Å². The number of nitrogens with zero attached hydrogens (tertiary/aromatic N) is 1. The lowest BCUT2D eigenvalue weighted by atomic mass is 10.1. The Kier molecular flexibility index (Phi) is 5.12. The highest BCUT2D eigenvalue weighted by molar-refractivity contribution is 5.80. The fraction of sp³-hybridized carbons (Fsp3) is 0.538. The Morgan fingerprint density at radius 1 is 1.50 bits per heavy atom. The number of aromatic nitrogens is 1. The molecule has 3 heteroatoms. The van der Waals surface area contributed by atoms with Crippen LogP contribution in [0.25, 0.3) is 0 Å². The van der Waals surface area contributed by atoms with Crippen LogP contribution in [-0.2, 0) is 17.6 Å². The molecular formula is C13H20N2O. The zero-order chi connectivity index (χ0) is 12.0. The van der Waals surface area contributed by atoms with Crippen molar-refractivity contribution in [3.8, 4) is 0 Å². The molecule has 2 N–H and O–H groups in total.